The molecule has 9 nitrogen and oxygen atoms in total. The molecule has 0 N–H and O–H groups in total. The van der Waals surface area contributed by atoms with Crippen LogP contribution in [-0.2, 0) is 14.3 Å². The van der Waals surface area contributed by atoms with E-state index in [0.717, 1.165) is 10.0 Å². The average Bonchev–Trinajstić information content (AvgIpc) is 3.52. The molecule has 210 valence electrons. The minimum absolute atomic E-state index is 0.153. The highest BCUT2D eigenvalue weighted by atomic mass is 79.9. The van der Waals surface area contributed by atoms with Crippen molar-refractivity contribution in [3.05, 3.63) is 101 Å². The molecule has 1 aliphatic heterocycles. The predicted molar refractivity (Wildman–Crippen MR) is 157 cm³/mol. The largest absolute Gasteiger partial charge is 0.493 e. The number of esters is 2. The van der Waals surface area contributed by atoms with Crippen molar-refractivity contribution < 1.29 is 28.2 Å². The molecule has 0 saturated heterocycles. The van der Waals surface area contributed by atoms with Crippen LogP contribution in [0.1, 0.15) is 38.1 Å². The Bertz CT molecular complexity index is 1870. The smallest absolute Gasteiger partial charge is 0.338 e. The summed E-state index contributed by atoms with van der Waals surface area (Å²) in [5.41, 5.74) is 1.76. The summed E-state index contributed by atoms with van der Waals surface area (Å²) in [6, 6.07) is 15.4. The Morgan fingerprint density at radius 1 is 1.12 bits per heavy atom. The van der Waals surface area contributed by atoms with Gasteiger partial charge in [0.15, 0.2) is 16.3 Å². The first-order valence-electron chi connectivity index (χ1n) is 12.6. The molecule has 0 unspecified atom stereocenters. The zero-order chi connectivity index (χ0) is 29.3. The van der Waals surface area contributed by atoms with Crippen molar-refractivity contribution in [2.75, 3.05) is 13.7 Å². The molecule has 2 aromatic carbocycles. The maximum atomic E-state index is 13.9. The minimum atomic E-state index is -0.859. The Morgan fingerprint density at radius 2 is 1.88 bits per heavy atom. The lowest BCUT2D eigenvalue weighted by atomic mass is 9.95. The summed E-state index contributed by atoms with van der Waals surface area (Å²) in [5.74, 6) is 0.561. The molecular formula is C30H25BrN2O7S. The molecule has 11 heteroatoms. The number of aromatic nitrogens is 1. The van der Waals surface area contributed by atoms with E-state index in [1.165, 1.54) is 29.9 Å². The van der Waals surface area contributed by atoms with E-state index in [9.17, 15) is 14.4 Å². The van der Waals surface area contributed by atoms with Crippen LogP contribution in [0.4, 0.5) is 0 Å². The van der Waals surface area contributed by atoms with Gasteiger partial charge in [-0.2, -0.15) is 0 Å². The maximum absolute atomic E-state index is 13.9. The number of carbonyl (C=O) groups is 2. The highest BCUT2D eigenvalue weighted by Gasteiger charge is 2.34. The van der Waals surface area contributed by atoms with E-state index in [4.69, 9.17) is 18.6 Å². The van der Waals surface area contributed by atoms with Crippen molar-refractivity contribution in [2.45, 2.75) is 26.8 Å². The molecule has 2 aromatic heterocycles. The van der Waals surface area contributed by atoms with Crippen LogP contribution in [0.2, 0.25) is 0 Å². The van der Waals surface area contributed by atoms with Crippen molar-refractivity contribution >= 4 is 45.3 Å². The molecule has 0 fully saturated rings. The molecule has 4 aromatic rings. The third-order valence-electron chi connectivity index (χ3n) is 6.30. The molecule has 1 aliphatic rings. The van der Waals surface area contributed by atoms with E-state index in [2.05, 4.69) is 20.9 Å². The Kier molecular flexibility index (Phi) is 8.09. The molecule has 0 radical (unpaired) electrons. The van der Waals surface area contributed by atoms with Gasteiger partial charge in [0.25, 0.3) is 5.56 Å². The summed E-state index contributed by atoms with van der Waals surface area (Å²) >= 11 is 4.62. The Labute approximate surface area is 247 Å². The minimum Gasteiger partial charge on any atom is -0.493 e. The monoisotopic (exact) mass is 636 g/mol. The van der Waals surface area contributed by atoms with Crippen LogP contribution in [0.15, 0.2) is 84.5 Å². The number of nitrogens with zero attached hydrogens (tertiary/aromatic N) is 2. The molecule has 3 heterocycles. The molecule has 0 bridgehead atoms. The highest BCUT2D eigenvalue weighted by molar-refractivity contribution is 9.10. The zero-order valence-corrected chi connectivity index (χ0v) is 25.0. The molecule has 0 amide bonds. The van der Waals surface area contributed by atoms with E-state index in [-0.39, 0.29) is 29.2 Å². The molecule has 5 rings (SSSR count). The average molecular weight is 638 g/mol. The van der Waals surface area contributed by atoms with E-state index >= 15 is 0 Å². The fraction of sp³-hybridized carbons (Fsp3) is 0.200. The second-order valence-corrected chi connectivity index (χ2v) is 10.9. The predicted octanol–water partition coefficient (Wildman–Crippen LogP) is 4.75. The molecule has 0 saturated carbocycles. The van der Waals surface area contributed by atoms with E-state index in [0.29, 0.717) is 32.1 Å². The summed E-state index contributed by atoms with van der Waals surface area (Å²) in [4.78, 5) is 43.6. The summed E-state index contributed by atoms with van der Waals surface area (Å²) in [7, 11) is 1.44. The highest BCUT2D eigenvalue weighted by Crippen LogP contribution is 2.36. The van der Waals surface area contributed by atoms with Gasteiger partial charge < -0.3 is 18.6 Å². The number of allylic oxidation sites excluding steroid dienone is 1. The lowest BCUT2D eigenvalue weighted by Crippen LogP contribution is -2.39. The van der Waals surface area contributed by atoms with E-state index in [1.54, 1.807) is 44.2 Å². The number of hydrogen-bond acceptors (Lipinski definition) is 9. The lowest BCUT2D eigenvalue weighted by molar-refractivity contribution is -0.139. The zero-order valence-electron chi connectivity index (χ0n) is 22.6. The van der Waals surface area contributed by atoms with Gasteiger partial charge in [-0.15, -0.1) is 0 Å². The topological polar surface area (TPSA) is 109 Å². The van der Waals surface area contributed by atoms with Crippen LogP contribution in [-0.4, -0.2) is 30.2 Å². The van der Waals surface area contributed by atoms with Crippen LogP contribution in [0.3, 0.4) is 0 Å². The van der Waals surface area contributed by atoms with Gasteiger partial charge in [-0.25, -0.2) is 9.79 Å². The first-order valence-corrected chi connectivity index (χ1v) is 14.2. The van der Waals surface area contributed by atoms with Gasteiger partial charge >= 0.3 is 11.9 Å². The van der Waals surface area contributed by atoms with Gasteiger partial charge in [0.05, 0.1) is 35.6 Å². The number of thiazole rings is 1. The van der Waals surface area contributed by atoms with Gasteiger partial charge in [0.1, 0.15) is 11.5 Å². The number of halogens is 1. The second-order valence-electron chi connectivity index (χ2n) is 9.02. The normalized spacial score (nSPS) is 14.9. The van der Waals surface area contributed by atoms with Crippen LogP contribution in [0, 0.1) is 0 Å². The number of carbonyl (C=O) groups excluding carboxylic acids is 2. The van der Waals surface area contributed by atoms with Gasteiger partial charge in [-0.05, 0) is 55.8 Å². The number of benzene rings is 2. The van der Waals surface area contributed by atoms with Crippen LogP contribution in [0.5, 0.6) is 11.5 Å². The summed E-state index contributed by atoms with van der Waals surface area (Å²) in [6.07, 6.45) is 1.66. The van der Waals surface area contributed by atoms with Gasteiger partial charge in [-0.3, -0.25) is 14.2 Å². The fourth-order valence-corrected chi connectivity index (χ4v) is 5.82. The van der Waals surface area contributed by atoms with E-state index < -0.39 is 18.0 Å². The Hall–Kier alpha value is -4.22. The van der Waals surface area contributed by atoms with Crippen molar-refractivity contribution in [1.82, 2.24) is 4.57 Å². The van der Waals surface area contributed by atoms with Gasteiger partial charge in [-0.1, -0.05) is 45.5 Å². The third-order valence-corrected chi connectivity index (χ3v) is 7.81. The molecule has 1 atom stereocenters. The molecule has 0 aliphatic carbocycles. The SMILES string of the molecule is CCOC(=O)C1=C(C)N=c2sc(=Cc3ccc(-c4ccc(Br)cc4)o3)c(=O)n2[C@@H]1c1ccc(OC(C)=O)c(OC)c1. The van der Waals surface area contributed by atoms with Crippen LogP contribution < -0.4 is 24.4 Å². The standard InChI is InChI=1S/C30H25BrN2O7S/c1-5-38-29(36)26-16(2)32-30-33(27(26)19-8-12-23(39-17(3)34)24(14-19)37-4)28(35)25(41-30)15-21-11-13-22(40-21)18-6-9-20(31)10-7-18/h6-15,27H,5H2,1-4H3/t27-/m1/s1. The second kappa shape index (κ2) is 11.7. The summed E-state index contributed by atoms with van der Waals surface area (Å²) < 4.78 is 24.9. The fourth-order valence-electron chi connectivity index (χ4n) is 4.53. The van der Waals surface area contributed by atoms with E-state index in [1.807, 2.05) is 30.3 Å². The number of ether oxygens (including phenoxy) is 3. The Balaban J connectivity index is 1.64. The van der Waals surface area contributed by atoms with Gasteiger partial charge in [0, 0.05) is 23.0 Å². The Morgan fingerprint density at radius 3 is 2.56 bits per heavy atom. The number of methoxy groups -OCH3 is 1. The first-order chi connectivity index (χ1) is 19.7. The third kappa shape index (κ3) is 5.68. The van der Waals surface area contributed by atoms with Crippen molar-refractivity contribution in [1.29, 1.82) is 0 Å². The number of furan rings is 1. The van der Waals surface area contributed by atoms with Crippen molar-refractivity contribution in [3.63, 3.8) is 0 Å². The number of fused-ring (bicyclic) bond motifs is 1. The molecule has 0 spiro atoms. The van der Waals surface area contributed by atoms with Crippen LogP contribution >= 0.6 is 27.3 Å². The lowest BCUT2D eigenvalue weighted by Gasteiger charge is -2.25. The number of rotatable bonds is 7. The maximum Gasteiger partial charge on any atom is 0.338 e. The van der Waals surface area contributed by atoms with Crippen LogP contribution in [0.25, 0.3) is 17.4 Å². The molecule has 41 heavy (non-hydrogen) atoms. The number of hydrogen-bond donors (Lipinski definition) is 0. The summed E-state index contributed by atoms with van der Waals surface area (Å²) in [6.45, 7) is 4.86. The molecular weight excluding hydrogens is 612 g/mol. The van der Waals surface area contributed by atoms with Crippen molar-refractivity contribution in [2.24, 2.45) is 4.99 Å². The van der Waals surface area contributed by atoms with Crippen molar-refractivity contribution in [3.8, 4) is 22.8 Å². The quantitative estimate of drug-likeness (QED) is 0.213. The van der Waals surface area contributed by atoms with Gasteiger partial charge in [0.2, 0.25) is 0 Å². The summed E-state index contributed by atoms with van der Waals surface area (Å²) in [5, 5.41) is 0. The first kappa shape index (κ1) is 28.3.